The van der Waals surface area contributed by atoms with Gasteiger partial charge in [-0.05, 0) is 25.4 Å². The van der Waals surface area contributed by atoms with Crippen LogP contribution in [0, 0.1) is 5.92 Å². The molecule has 1 N–H and O–H groups in total. The number of rotatable bonds is 2. The maximum atomic E-state index is 11.1. The van der Waals surface area contributed by atoms with Crippen LogP contribution in [0.2, 0.25) is 0 Å². The summed E-state index contributed by atoms with van der Waals surface area (Å²) in [5.74, 6) is 2.62. The normalized spacial score (nSPS) is 32.5. The second-order valence-electron chi connectivity index (χ2n) is 4.01. The van der Waals surface area contributed by atoms with Crippen molar-refractivity contribution in [1.29, 1.82) is 0 Å². The Balaban J connectivity index is 1.72. The molecule has 0 aromatic heterocycles. The van der Waals surface area contributed by atoms with Gasteiger partial charge >= 0.3 is 0 Å². The fourth-order valence-electron chi connectivity index (χ4n) is 2.09. The number of nitrogens with zero attached hydrogens (tertiary/aromatic N) is 1. The summed E-state index contributed by atoms with van der Waals surface area (Å²) in [5.41, 5.74) is 0. The maximum Gasteiger partial charge on any atom is 0.0363 e. The maximum absolute atomic E-state index is 11.1. The highest BCUT2D eigenvalue weighted by Gasteiger charge is 2.21. The summed E-state index contributed by atoms with van der Waals surface area (Å²) in [4.78, 5) is 2.47. The average molecular weight is 202 g/mol. The lowest BCUT2D eigenvalue weighted by atomic mass is 10.1. The van der Waals surface area contributed by atoms with Crippen LogP contribution in [0.15, 0.2) is 0 Å². The summed E-state index contributed by atoms with van der Waals surface area (Å²) in [7, 11) is -0.521. The lowest BCUT2D eigenvalue weighted by molar-refractivity contribution is 0.257. The fourth-order valence-corrected chi connectivity index (χ4v) is 3.22. The fraction of sp³-hybridized carbons (Fsp3) is 1.00. The van der Waals surface area contributed by atoms with E-state index in [2.05, 4.69) is 10.2 Å². The van der Waals surface area contributed by atoms with E-state index in [1.54, 1.807) is 0 Å². The van der Waals surface area contributed by atoms with E-state index in [0.29, 0.717) is 0 Å². The number of hydrogen-bond donors (Lipinski definition) is 1. The smallest absolute Gasteiger partial charge is 0.0363 e. The molecule has 0 bridgehead atoms. The van der Waals surface area contributed by atoms with Crippen molar-refractivity contribution in [2.45, 2.75) is 6.42 Å². The predicted molar refractivity (Wildman–Crippen MR) is 55.3 cm³/mol. The van der Waals surface area contributed by atoms with Gasteiger partial charge in [-0.25, -0.2) is 0 Å². The predicted octanol–water partition coefficient (Wildman–Crippen LogP) is -0.340. The lowest BCUT2D eigenvalue weighted by Crippen LogP contribution is -2.40. The molecule has 2 heterocycles. The molecule has 2 fully saturated rings. The Labute approximate surface area is 82.3 Å². The highest BCUT2D eigenvalue weighted by Crippen LogP contribution is 2.11. The molecule has 2 aliphatic rings. The van der Waals surface area contributed by atoms with E-state index in [1.807, 2.05) is 0 Å². The van der Waals surface area contributed by atoms with Gasteiger partial charge in [-0.15, -0.1) is 0 Å². The molecule has 0 spiro atoms. The van der Waals surface area contributed by atoms with Crippen LogP contribution in [0.5, 0.6) is 0 Å². The van der Waals surface area contributed by atoms with E-state index in [1.165, 1.54) is 26.1 Å². The third kappa shape index (κ3) is 2.76. The van der Waals surface area contributed by atoms with Crippen LogP contribution in [0.4, 0.5) is 0 Å². The van der Waals surface area contributed by atoms with E-state index < -0.39 is 10.8 Å². The topological polar surface area (TPSA) is 32.3 Å². The van der Waals surface area contributed by atoms with Crippen molar-refractivity contribution in [2.24, 2.45) is 5.92 Å². The molecule has 2 saturated heterocycles. The second-order valence-corrected chi connectivity index (χ2v) is 5.70. The van der Waals surface area contributed by atoms with Crippen molar-refractivity contribution >= 4 is 10.8 Å². The van der Waals surface area contributed by atoms with E-state index >= 15 is 0 Å². The molecule has 76 valence electrons. The molecule has 0 aliphatic carbocycles. The Hall–Kier alpha value is 0.0700. The van der Waals surface area contributed by atoms with Crippen LogP contribution in [-0.2, 0) is 10.8 Å². The van der Waals surface area contributed by atoms with Crippen molar-refractivity contribution in [3.63, 3.8) is 0 Å². The van der Waals surface area contributed by atoms with Gasteiger partial charge in [-0.3, -0.25) is 4.21 Å². The van der Waals surface area contributed by atoms with Crippen LogP contribution in [0.25, 0.3) is 0 Å². The van der Waals surface area contributed by atoms with E-state index in [9.17, 15) is 4.21 Å². The molecule has 1 atom stereocenters. The van der Waals surface area contributed by atoms with Gasteiger partial charge in [0.25, 0.3) is 0 Å². The quantitative estimate of drug-likeness (QED) is 0.665. The Morgan fingerprint density at radius 1 is 1.38 bits per heavy atom. The minimum Gasteiger partial charge on any atom is -0.316 e. The Bertz CT molecular complexity index is 182. The zero-order chi connectivity index (χ0) is 9.10. The van der Waals surface area contributed by atoms with E-state index in [4.69, 9.17) is 0 Å². The molecule has 2 aliphatic heterocycles. The summed E-state index contributed by atoms with van der Waals surface area (Å²) in [6.07, 6.45) is 1.32. The van der Waals surface area contributed by atoms with Crippen molar-refractivity contribution in [3.05, 3.63) is 0 Å². The van der Waals surface area contributed by atoms with Crippen molar-refractivity contribution in [3.8, 4) is 0 Å². The van der Waals surface area contributed by atoms with E-state index in [-0.39, 0.29) is 0 Å². The van der Waals surface area contributed by atoms with Gasteiger partial charge in [0.1, 0.15) is 0 Å². The average Bonchev–Trinajstić information content (AvgIpc) is 2.62. The molecule has 2 rings (SSSR count). The van der Waals surface area contributed by atoms with Gasteiger partial charge in [0.15, 0.2) is 0 Å². The highest BCUT2D eigenvalue weighted by atomic mass is 32.2. The van der Waals surface area contributed by atoms with Crippen LogP contribution >= 0.6 is 0 Å². The lowest BCUT2D eigenvalue weighted by Gasteiger charge is -2.28. The van der Waals surface area contributed by atoms with Gasteiger partial charge in [-0.1, -0.05) is 0 Å². The van der Waals surface area contributed by atoms with Gasteiger partial charge < -0.3 is 10.2 Å². The first-order valence-corrected chi connectivity index (χ1v) is 6.61. The minimum atomic E-state index is -0.521. The molecule has 0 aromatic rings. The van der Waals surface area contributed by atoms with Crippen LogP contribution < -0.4 is 5.32 Å². The number of hydrogen-bond acceptors (Lipinski definition) is 3. The summed E-state index contributed by atoms with van der Waals surface area (Å²) >= 11 is 0. The van der Waals surface area contributed by atoms with Gasteiger partial charge in [0.05, 0.1) is 0 Å². The summed E-state index contributed by atoms with van der Waals surface area (Å²) < 4.78 is 11.1. The second kappa shape index (κ2) is 4.53. The Kier molecular flexibility index (Phi) is 3.35. The molecule has 0 aromatic carbocycles. The van der Waals surface area contributed by atoms with Gasteiger partial charge in [0.2, 0.25) is 0 Å². The Morgan fingerprint density at radius 2 is 2.15 bits per heavy atom. The van der Waals surface area contributed by atoms with Crippen molar-refractivity contribution in [2.75, 3.05) is 44.2 Å². The summed E-state index contributed by atoms with van der Waals surface area (Å²) in [6.45, 7) is 5.67. The van der Waals surface area contributed by atoms with Gasteiger partial charge in [-0.2, -0.15) is 0 Å². The molecular formula is C9H18N2OS. The minimum absolute atomic E-state index is 0.521. The molecule has 1 unspecified atom stereocenters. The number of nitrogens with one attached hydrogen (secondary N) is 1. The highest BCUT2D eigenvalue weighted by molar-refractivity contribution is 7.85. The largest absolute Gasteiger partial charge is 0.316 e. The van der Waals surface area contributed by atoms with Crippen molar-refractivity contribution < 1.29 is 4.21 Å². The zero-order valence-corrected chi connectivity index (χ0v) is 8.81. The third-order valence-electron chi connectivity index (χ3n) is 2.95. The molecule has 13 heavy (non-hydrogen) atoms. The standard InChI is InChI=1S/C9H18N2OS/c12-13-5-3-11(4-6-13)8-9-1-2-10-7-9/h9-10H,1-8H2. The first kappa shape index (κ1) is 9.62. The molecular weight excluding hydrogens is 184 g/mol. The van der Waals surface area contributed by atoms with Crippen LogP contribution in [-0.4, -0.2) is 53.3 Å². The molecule has 0 radical (unpaired) electrons. The monoisotopic (exact) mass is 202 g/mol. The molecule has 0 saturated carbocycles. The SMILES string of the molecule is O=S1CCN(CC2CCNC2)CC1. The molecule has 3 nitrogen and oxygen atoms in total. The first-order chi connectivity index (χ1) is 6.34. The van der Waals surface area contributed by atoms with E-state index in [0.717, 1.165) is 30.5 Å². The first-order valence-electron chi connectivity index (χ1n) is 5.12. The summed E-state index contributed by atoms with van der Waals surface area (Å²) in [5, 5.41) is 3.38. The Morgan fingerprint density at radius 3 is 2.77 bits per heavy atom. The summed E-state index contributed by atoms with van der Waals surface area (Å²) in [6, 6.07) is 0. The van der Waals surface area contributed by atoms with Gasteiger partial charge in [0, 0.05) is 41.9 Å². The van der Waals surface area contributed by atoms with Crippen LogP contribution in [0.3, 0.4) is 0 Å². The van der Waals surface area contributed by atoms with Crippen LogP contribution in [0.1, 0.15) is 6.42 Å². The zero-order valence-electron chi connectivity index (χ0n) is 8.00. The van der Waals surface area contributed by atoms with Crippen molar-refractivity contribution in [1.82, 2.24) is 10.2 Å². The third-order valence-corrected chi connectivity index (χ3v) is 4.22. The molecule has 4 heteroatoms. The molecule has 0 amide bonds.